The highest BCUT2D eigenvalue weighted by Crippen LogP contribution is 2.31. The second-order valence-electron chi connectivity index (χ2n) is 4.65. The van der Waals surface area contributed by atoms with Gasteiger partial charge in [0.2, 0.25) is 0 Å². The molecule has 1 fully saturated rings. The van der Waals surface area contributed by atoms with Crippen LogP contribution in [0.4, 0.5) is 10.5 Å². The summed E-state index contributed by atoms with van der Waals surface area (Å²) in [5.41, 5.74) is 0.412. The molecule has 0 aliphatic heterocycles. The average Bonchev–Trinajstić information content (AvgIpc) is 3.12. The lowest BCUT2D eigenvalue weighted by Gasteiger charge is -2.08. The van der Waals surface area contributed by atoms with Gasteiger partial charge in [-0.25, -0.2) is 9.59 Å². The van der Waals surface area contributed by atoms with E-state index in [1.165, 1.54) is 31.0 Å². The first-order valence-electron chi connectivity index (χ1n) is 6.13. The van der Waals surface area contributed by atoms with E-state index in [0.29, 0.717) is 12.2 Å². The van der Waals surface area contributed by atoms with Gasteiger partial charge in [0, 0.05) is 17.3 Å². The van der Waals surface area contributed by atoms with Crippen LogP contribution in [-0.2, 0) is 0 Å². The monoisotopic (exact) mass is 282 g/mol. The van der Waals surface area contributed by atoms with Crippen molar-refractivity contribution in [2.75, 3.05) is 11.9 Å². The van der Waals surface area contributed by atoms with Gasteiger partial charge in [-0.15, -0.1) is 0 Å². The molecule has 5 nitrogen and oxygen atoms in total. The van der Waals surface area contributed by atoms with Crippen molar-refractivity contribution in [3.63, 3.8) is 0 Å². The van der Waals surface area contributed by atoms with Crippen LogP contribution in [0.2, 0.25) is 5.02 Å². The van der Waals surface area contributed by atoms with E-state index in [9.17, 15) is 9.59 Å². The van der Waals surface area contributed by atoms with Gasteiger partial charge in [-0.2, -0.15) is 0 Å². The average molecular weight is 283 g/mol. The molecule has 1 aliphatic rings. The normalized spacial score (nSPS) is 13.9. The maximum Gasteiger partial charge on any atom is 0.335 e. The van der Waals surface area contributed by atoms with Crippen LogP contribution in [0.15, 0.2) is 18.2 Å². The maximum atomic E-state index is 11.6. The minimum atomic E-state index is -1.08. The first-order valence-corrected chi connectivity index (χ1v) is 6.51. The number of hydrogen-bond donors (Lipinski definition) is 3. The Hall–Kier alpha value is -1.75. The van der Waals surface area contributed by atoms with Gasteiger partial charge >= 0.3 is 12.0 Å². The molecule has 0 unspecified atom stereocenters. The fraction of sp³-hybridized carbons (Fsp3) is 0.385. The third-order valence-electron chi connectivity index (χ3n) is 2.94. The van der Waals surface area contributed by atoms with Crippen LogP contribution in [0.1, 0.15) is 29.6 Å². The van der Waals surface area contributed by atoms with Crippen molar-refractivity contribution in [3.05, 3.63) is 28.8 Å². The van der Waals surface area contributed by atoms with Crippen LogP contribution < -0.4 is 10.6 Å². The molecular weight excluding hydrogens is 268 g/mol. The summed E-state index contributed by atoms with van der Waals surface area (Å²) in [7, 11) is 0. The number of carboxylic acids is 1. The molecule has 0 bridgehead atoms. The van der Waals surface area contributed by atoms with Gasteiger partial charge in [0.15, 0.2) is 0 Å². The number of nitrogens with one attached hydrogen (secondary N) is 2. The third-order valence-corrected chi connectivity index (χ3v) is 3.16. The lowest BCUT2D eigenvalue weighted by Crippen LogP contribution is -2.29. The first kappa shape index (κ1) is 13.7. The molecule has 0 spiro atoms. The summed E-state index contributed by atoms with van der Waals surface area (Å²) in [5, 5.41) is 14.5. The summed E-state index contributed by atoms with van der Waals surface area (Å²) in [6.45, 7) is 0.628. The maximum absolute atomic E-state index is 11.6. The fourth-order valence-electron chi connectivity index (χ4n) is 1.76. The molecule has 1 saturated carbocycles. The highest BCUT2D eigenvalue weighted by Gasteiger charge is 2.20. The number of halogens is 1. The second-order valence-corrected chi connectivity index (χ2v) is 5.08. The van der Waals surface area contributed by atoms with Gasteiger partial charge in [0.05, 0.1) is 5.56 Å². The summed E-state index contributed by atoms with van der Waals surface area (Å²) >= 11 is 5.80. The van der Waals surface area contributed by atoms with E-state index in [-0.39, 0.29) is 16.6 Å². The van der Waals surface area contributed by atoms with Crippen LogP contribution in [0.25, 0.3) is 0 Å². The highest BCUT2D eigenvalue weighted by atomic mass is 35.5. The molecule has 0 radical (unpaired) electrons. The van der Waals surface area contributed by atoms with Gasteiger partial charge in [-0.1, -0.05) is 24.4 Å². The number of rotatable bonds is 5. The Morgan fingerprint density at radius 1 is 1.32 bits per heavy atom. The number of urea groups is 1. The van der Waals surface area contributed by atoms with E-state index in [2.05, 4.69) is 10.6 Å². The van der Waals surface area contributed by atoms with Crippen molar-refractivity contribution in [3.8, 4) is 0 Å². The number of amides is 2. The van der Waals surface area contributed by atoms with Gasteiger partial charge in [0.25, 0.3) is 0 Å². The highest BCUT2D eigenvalue weighted by molar-refractivity contribution is 6.31. The number of carbonyl (C=O) groups excluding carboxylic acids is 1. The first-order chi connectivity index (χ1) is 9.04. The summed E-state index contributed by atoms with van der Waals surface area (Å²) in [6.07, 6.45) is 3.49. The molecular formula is C13H15ClN2O3. The largest absolute Gasteiger partial charge is 0.478 e. The van der Waals surface area contributed by atoms with Crippen LogP contribution in [0.3, 0.4) is 0 Å². The minimum absolute atomic E-state index is 0.0424. The fourth-order valence-corrected chi connectivity index (χ4v) is 1.99. The minimum Gasteiger partial charge on any atom is -0.478 e. The van der Waals surface area contributed by atoms with Crippen molar-refractivity contribution in [2.24, 2.45) is 5.92 Å². The summed E-state index contributed by atoms with van der Waals surface area (Å²) in [5.74, 6) is -0.329. The second kappa shape index (κ2) is 5.93. The molecule has 0 heterocycles. The molecule has 6 heteroatoms. The van der Waals surface area contributed by atoms with Gasteiger partial charge in [0.1, 0.15) is 0 Å². The van der Waals surface area contributed by atoms with E-state index in [0.717, 1.165) is 12.3 Å². The SMILES string of the molecule is O=C(NCCC1CC1)Nc1cc(Cl)cc(C(=O)O)c1. The number of anilines is 1. The summed E-state index contributed by atoms with van der Waals surface area (Å²) in [6, 6.07) is 3.86. The molecule has 1 aromatic rings. The van der Waals surface area contributed by atoms with Gasteiger partial charge < -0.3 is 15.7 Å². The predicted molar refractivity (Wildman–Crippen MR) is 72.8 cm³/mol. The Kier molecular flexibility index (Phi) is 4.27. The van der Waals surface area contributed by atoms with Gasteiger partial charge in [-0.3, -0.25) is 0 Å². The van der Waals surface area contributed by atoms with Crippen molar-refractivity contribution in [2.45, 2.75) is 19.3 Å². The van der Waals surface area contributed by atoms with Gasteiger partial charge in [-0.05, 0) is 30.5 Å². The van der Waals surface area contributed by atoms with E-state index >= 15 is 0 Å². The molecule has 2 amide bonds. The lowest BCUT2D eigenvalue weighted by atomic mass is 10.2. The van der Waals surface area contributed by atoms with E-state index in [1.807, 2.05) is 0 Å². The molecule has 1 aliphatic carbocycles. The Morgan fingerprint density at radius 3 is 2.68 bits per heavy atom. The topological polar surface area (TPSA) is 78.4 Å². The smallest absolute Gasteiger partial charge is 0.335 e. The Bertz CT molecular complexity index is 501. The van der Waals surface area contributed by atoms with Crippen molar-refractivity contribution in [1.82, 2.24) is 5.32 Å². The zero-order valence-electron chi connectivity index (χ0n) is 10.3. The van der Waals surface area contributed by atoms with Crippen LogP contribution in [-0.4, -0.2) is 23.7 Å². The molecule has 0 saturated heterocycles. The van der Waals surface area contributed by atoms with Crippen molar-refractivity contribution in [1.29, 1.82) is 0 Å². The quantitative estimate of drug-likeness (QED) is 0.777. The molecule has 2 rings (SSSR count). The molecule has 3 N–H and O–H groups in total. The molecule has 0 atom stereocenters. The van der Waals surface area contributed by atoms with E-state index in [1.54, 1.807) is 0 Å². The number of benzene rings is 1. The molecule has 19 heavy (non-hydrogen) atoms. The lowest BCUT2D eigenvalue weighted by molar-refractivity contribution is 0.0697. The zero-order valence-corrected chi connectivity index (χ0v) is 11.0. The number of hydrogen-bond acceptors (Lipinski definition) is 2. The number of aromatic carboxylic acids is 1. The van der Waals surface area contributed by atoms with E-state index < -0.39 is 5.97 Å². The zero-order chi connectivity index (χ0) is 13.8. The Balaban J connectivity index is 1.89. The molecule has 102 valence electrons. The third kappa shape index (κ3) is 4.44. The number of carbonyl (C=O) groups is 2. The number of carboxylic acid groups (broad SMARTS) is 1. The Labute approximate surface area is 116 Å². The summed E-state index contributed by atoms with van der Waals surface area (Å²) < 4.78 is 0. The van der Waals surface area contributed by atoms with Crippen molar-refractivity contribution < 1.29 is 14.7 Å². The summed E-state index contributed by atoms with van der Waals surface area (Å²) in [4.78, 5) is 22.5. The predicted octanol–water partition coefficient (Wildman–Crippen LogP) is 2.96. The molecule has 0 aromatic heterocycles. The molecule has 1 aromatic carbocycles. The van der Waals surface area contributed by atoms with Crippen LogP contribution in [0.5, 0.6) is 0 Å². The van der Waals surface area contributed by atoms with Crippen LogP contribution in [0, 0.1) is 5.92 Å². The van der Waals surface area contributed by atoms with Crippen molar-refractivity contribution >= 4 is 29.3 Å². The van der Waals surface area contributed by atoms with Crippen LogP contribution >= 0.6 is 11.6 Å². The van der Waals surface area contributed by atoms with E-state index in [4.69, 9.17) is 16.7 Å². The standard InChI is InChI=1S/C13H15ClN2O3/c14-10-5-9(12(17)18)6-11(7-10)16-13(19)15-4-3-8-1-2-8/h5-8H,1-4H2,(H,17,18)(H2,15,16,19). The Morgan fingerprint density at radius 2 is 2.05 bits per heavy atom.